The summed E-state index contributed by atoms with van der Waals surface area (Å²) >= 11 is 0. The monoisotopic (exact) mass is 237 g/mol. The number of aromatic amines is 1. The van der Waals surface area contributed by atoms with Crippen molar-refractivity contribution in [2.75, 3.05) is 0 Å². The van der Waals surface area contributed by atoms with Crippen LogP contribution < -0.4 is 0 Å². The molecule has 2 heterocycles. The van der Waals surface area contributed by atoms with Gasteiger partial charge in [-0.15, -0.1) is 0 Å². The van der Waals surface area contributed by atoms with Gasteiger partial charge < -0.3 is 4.57 Å². The van der Waals surface area contributed by atoms with Crippen LogP contribution in [0.5, 0.6) is 0 Å². The number of nitrogens with one attached hydrogen (secondary N) is 1. The number of para-hydroxylation sites is 1. The summed E-state index contributed by atoms with van der Waals surface area (Å²) in [6, 6.07) is 12.4. The highest BCUT2D eigenvalue weighted by Gasteiger charge is 2.13. The van der Waals surface area contributed by atoms with E-state index in [9.17, 15) is 0 Å². The predicted molar refractivity (Wildman–Crippen MR) is 72.8 cm³/mol. The third-order valence-corrected chi connectivity index (χ3v) is 3.24. The lowest BCUT2D eigenvalue weighted by Gasteiger charge is -2.06. The lowest BCUT2D eigenvalue weighted by atomic mass is 10.1. The number of benzene rings is 1. The van der Waals surface area contributed by atoms with Crippen LogP contribution in [0.3, 0.4) is 0 Å². The summed E-state index contributed by atoms with van der Waals surface area (Å²) in [6.45, 7) is 4.26. The number of rotatable bonds is 2. The Morgan fingerprint density at radius 2 is 1.83 bits per heavy atom. The first kappa shape index (κ1) is 10.8. The number of nitrogens with zero attached hydrogens (tertiary/aromatic N) is 2. The van der Waals surface area contributed by atoms with Gasteiger partial charge in [0.05, 0.1) is 5.69 Å². The van der Waals surface area contributed by atoms with Crippen molar-refractivity contribution in [1.82, 2.24) is 14.8 Å². The second-order valence-corrected chi connectivity index (χ2v) is 4.45. The molecule has 3 rings (SSSR count). The van der Waals surface area contributed by atoms with E-state index >= 15 is 0 Å². The van der Waals surface area contributed by atoms with Crippen molar-refractivity contribution in [3.63, 3.8) is 0 Å². The van der Waals surface area contributed by atoms with Crippen LogP contribution in [0.4, 0.5) is 0 Å². The Labute approximate surface area is 106 Å². The molecule has 0 radical (unpaired) electrons. The molecule has 0 amide bonds. The van der Waals surface area contributed by atoms with Gasteiger partial charge in [0.25, 0.3) is 0 Å². The summed E-state index contributed by atoms with van der Waals surface area (Å²) in [4.78, 5) is 0. The number of aryl methyl sites for hydroxylation is 1. The van der Waals surface area contributed by atoms with Gasteiger partial charge in [0, 0.05) is 29.3 Å². The SMILES string of the molecule is Cc1cn(-c2ccccc2)c(C)c1-c1ccn[nH]1. The van der Waals surface area contributed by atoms with E-state index < -0.39 is 0 Å². The van der Waals surface area contributed by atoms with Crippen LogP contribution in [0.25, 0.3) is 16.9 Å². The third-order valence-electron chi connectivity index (χ3n) is 3.24. The van der Waals surface area contributed by atoms with E-state index in [1.165, 1.54) is 22.5 Å². The van der Waals surface area contributed by atoms with Gasteiger partial charge in [0.15, 0.2) is 0 Å². The van der Waals surface area contributed by atoms with Gasteiger partial charge in [-0.3, -0.25) is 5.10 Å². The minimum atomic E-state index is 1.07. The maximum absolute atomic E-state index is 4.03. The van der Waals surface area contributed by atoms with Crippen molar-refractivity contribution < 1.29 is 0 Å². The highest BCUT2D eigenvalue weighted by molar-refractivity contribution is 5.67. The normalized spacial score (nSPS) is 10.8. The van der Waals surface area contributed by atoms with E-state index in [0.717, 1.165) is 5.69 Å². The number of hydrogen-bond acceptors (Lipinski definition) is 1. The molecule has 0 aliphatic rings. The van der Waals surface area contributed by atoms with E-state index in [4.69, 9.17) is 0 Å². The molecule has 0 saturated carbocycles. The van der Waals surface area contributed by atoms with Gasteiger partial charge in [-0.1, -0.05) is 18.2 Å². The Balaban J connectivity index is 2.18. The van der Waals surface area contributed by atoms with Gasteiger partial charge in [-0.2, -0.15) is 5.10 Å². The van der Waals surface area contributed by atoms with E-state index in [-0.39, 0.29) is 0 Å². The average Bonchev–Trinajstić information content (AvgIpc) is 2.99. The highest BCUT2D eigenvalue weighted by atomic mass is 15.1. The molecule has 3 heteroatoms. The number of aromatic nitrogens is 3. The van der Waals surface area contributed by atoms with Crippen molar-refractivity contribution in [1.29, 1.82) is 0 Å². The van der Waals surface area contributed by atoms with Gasteiger partial charge in [0.1, 0.15) is 0 Å². The molecule has 0 fully saturated rings. The Bertz CT molecular complexity index is 649. The summed E-state index contributed by atoms with van der Waals surface area (Å²) in [5.41, 5.74) is 5.96. The minimum absolute atomic E-state index is 1.07. The largest absolute Gasteiger partial charge is 0.320 e. The molecule has 3 aromatic rings. The predicted octanol–water partition coefficient (Wildman–Crippen LogP) is 3.48. The molecule has 0 atom stereocenters. The molecule has 18 heavy (non-hydrogen) atoms. The molecule has 1 aromatic carbocycles. The zero-order chi connectivity index (χ0) is 12.5. The van der Waals surface area contributed by atoms with Gasteiger partial charge in [0.2, 0.25) is 0 Å². The lowest BCUT2D eigenvalue weighted by Crippen LogP contribution is -1.94. The highest BCUT2D eigenvalue weighted by Crippen LogP contribution is 2.28. The Hall–Kier alpha value is -2.29. The van der Waals surface area contributed by atoms with Crippen LogP contribution in [0.15, 0.2) is 48.8 Å². The quantitative estimate of drug-likeness (QED) is 0.727. The molecule has 0 aliphatic heterocycles. The maximum atomic E-state index is 4.03. The standard InChI is InChI=1S/C15H15N3/c1-11-10-18(13-6-4-3-5-7-13)12(2)15(11)14-8-9-16-17-14/h3-10H,1-2H3,(H,16,17). The van der Waals surface area contributed by atoms with Crippen LogP contribution in [-0.4, -0.2) is 14.8 Å². The summed E-state index contributed by atoms with van der Waals surface area (Å²) in [7, 11) is 0. The Morgan fingerprint density at radius 1 is 1.06 bits per heavy atom. The molecule has 0 spiro atoms. The second-order valence-electron chi connectivity index (χ2n) is 4.45. The second kappa shape index (κ2) is 4.18. The first-order valence-corrected chi connectivity index (χ1v) is 6.01. The van der Waals surface area contributed by atoms with Crippen LogP contribution >= 0.6 is 0 Å². The molecule has 2 aromatic heterocycles. The summed E-state index contributed by atoms with van der Waals surface area (Å²) in [5.74, 6) is 0. The number of H-pyrrole nitrogens is 1. The number of hydrogen-bond donors (Lipinski definition) is 1. The fourth-order valence-corrected chi connectivity index (χ4v) is 2.42. The van der Waals surface area contributed by atoms with Crippen molar-refractivity contribution in [2.24, 2.45) is 0 Å². The fourth-order valence-electron chi connectivity index (χ4n) is 2.42. The van der Waals surface area contributed by atoms with E-state index in [1.807, 2.05) is 12.1 Å². The first-order chi connectivity index (χ1) is 8.77. The van der Waals surface area contributed by atoms with Crippen molar-refractivity contribution in [2.45, 2.75) is 13.8 Å². The molecule has 0 saturated heterocycles. The molecule has 3 nitrogen and oxygen atoms in total. The van der Waals surface area contributed by atoms with Crippen molar-refractivity contribution in [3.05, 3.63) is 60.0 Å². The van der Waals surface area contributed by atoms with E-state index in [0.29, 0.717) is 0 Å². The molecule has 0 aliphatic carbocycles. The van der Waals surface area contributed by atoms with Crippen molar-refractivity contribution >= 4 is 0 Å². The van der Waals surface area contributed by atoms with Crippen LogP contribution in [0, 0.1) is 13.8 Å². The summed E-state index contributed by atoms with van der Waals surface area (Å²) in [6.07, 6.45) is 3.95. The smallest absolute Gasteiger partial charge is 0.0670 e. The molecule has 0 bridgehead atoms. The molecule has 0 unspecified atom stereocenters. The summed E-state index contributed by atoms with van der Waals surface area (Å²) in [5, 5.41) is 7.07. The average molecular weight is 237 g/mol. The Morgan fingerprint density at radius 3 is 2.50 bits per heavy atom. The molecule has 1 N–H and O–H groups in total. The molecular weight excluding hydrogens is 222 g/mol. The summed E-state index contributed by atoms with van der Waals surface area (Å²) < 4.78 is 2.21. The first-order valence-electron chi connectivity index (χ1n) is 6.01. The van der Waals surface area contributed by atoms with Crippen LogP contribution in [-0.2, 0) is 0 Å². The van der Waals surface area contributed by atoms with Gasteiger partial charge in [-0.25, -0.2) is 0 Å². The maximum Gasteiger partial charge on any atom is 0.0670 e. The minimum Gasteiger partial charge on any atom is -0.320 e. The zero-order valence-corrected chi connectivity index (χ0v) is 10.5. The van der Waals surface area contributed by atoms with Crippen molar-refractivity contribution in [3.8, 4) is 16.9 Å². The van der Waals surface area contributed by atoms with Gasteiger partial charge >= 0.3 is 0 Å². The molecule has 90 valence electrons. The van der Waals surface area contributed by atoms with E-state index in [2.05, 4.69) is 59.1 Å². The lowest BCUT2D eigenvalue weighted by molar-refractivity contribution is 1.01. The van der Waals surface area contributed by atoms with Gasteiger partial charge in [-0.05, 0) is 37.6 Å². The zero-order valence-electron chi connectivity index (χ0n) is 10.5. The van der Waals surface area contributed by atoms with E-state index in [1.54, 1.807) is 6.20 Å². The van der Waals surface area contributed by atoms with Crippen LogP contribution in [0.1, 0.15) is 11.3 Å². The fraction of sp³-hybridized carbons (Fsp3) is 0.133. The van der Waals surface area contributed by atoms with Crippen LogP contribution in [0.2, 0.25) is 0 Å². The topological polar surface area (TPSA) is 33.6 Å². The Kier molecular flexibility index (Phi) is 2.52. The third kappa shape index (κ3) is 1.64. The molecular formula is C15H15N3.